The standard InChI is InChI=1S/C17H19FN2O/c1-10-6-17(7-10)8-13(9-17)20-16(21)14-5-12(18)4-11-2-3-19-15(11)14/h2-5,10,13,19H,6-9H2,1H3,(H,20,21). The molecule has 110 valence electrons. The Morgan fingerprint density at radius 2 is 2.10 bits per heavy atom. The van der Waals surface area contributed by atoms with Crippen LogP contribution in [0.3, 0.4) is 0 Å². The van der Waals surface area contributed by atoms with Crippen molar-refractivity contribution in [2.24, 2.45) is 11.3 Å². The van der Waals surface area contributed by atoms with Crippen molar-refractivity contribution in [2.75, 3.05) is 0 Å². The Morgan fingerprint density at radius 3 is 2.81 bits per heavy atom. The van der Waals surface area contributed by atoms with Crippen molar-refractivity contribution in [3.63, 3.8) is 0 Å². The average Bonchev–Trinajstić information content (AvgIpc) is 2.81. The summed E-state index contributed by atoms with van der Waals surface area (Å²) in [6.45, 7) is 2.28. The Bertz CT molecular complexity index is 707. The molecule has 2 aromatic rings. The van der Waals surface area contributed by atoms with E-state index in [1.165, 1.54) is 25.0 Å². The van der Waals surface area contributed by atoms with E-state index in [9.17, 15) is 9.18 Å². The largest absolute Gasteiger partial charge is 0.361 e. The molecule has 4 heteroatoms. The van der Waals surface area contributed by atoms with Crippen LogP contribution in [-0.2, 0) is 0 Å². The van der Waals surface area contributed by atoms with Gasteiger partial charge in [-0.3, -0.25) is 4.79 Å². The molecule has 2 N–H and O–H groups in total. The van der Waals surface area contributed by atoms with E-state index in [1.807, 2.05) is 0 Å². The molecular formula is C17H19FN2O. The fraction of sp³-hybridized carbons (Fsp3) is 0.471. The van der Waals surface area contributed by atoms with Crippen molar-refractivity contribution in [2.45, 2.75) is 38.6 Å². The van der Waals surface area contributed by atoms with E-state index in [0.29, 0.717) is 16.5 Å². The van der Waals surface area contributed by atoms with Crippen LogP contribution in [0.15, 0.2) is 24.4 Å². The minimum absolute atomic E-state index is 0.172. The van der Waals surface area contributed by atoms with Crippen molar-refractivity contribution < 1.29 is 9.18 Å². The molecule has 0 radical (unpaired) electrons. The van der Waals surface area contributed by atoms with Gasteiger partial charge in [0.1, 0.15) is 5.82 Å². The molecule has 21 heavy (non-hydrogen) atoms. The molecule has 0 aliphatic heterocycles. The maximum atomic E-state index is 13.6. The lowest BCUT2D eigenvalue weighted by molar-refractivity contribution is -0.0399. The summed E-state index contributed by atoms with van der Waals surface area (Å²) in [5.74, 6) is 0.294. The quantitative estimate of drug-likeness (QED) is 0.870. The van der Waals surface area contributed by atoms with Gasteiger partial charge in [-0.15, -0.1) is 0 Å². The second-order valence-corrected chi connectivity index (χ2v) is 6.99. The van der Waals surface area contributed by atoms with Gasteiger partial charge in [0.15, 0.2) is 0 Å². The van der Waals surface area contributed by atoms with Crippen LogP contribution in [-0.4, -0.2) is 16.9 Å². The lowest BCUT2D eigenvalue weighted by Gasteiger charge is -2.57. The topological polar surface area (TPSA) is 44.9 Å². The maximum Gasteiger partial charge on any atom is 0.253 e. The second kappa shape index (κ2) is 4.33. The minimum Gasteiger partial charge on any atom is -0.361 e. The third kappa shape index (κ3) is 2.04. The summed E-state index contributed by atoms with van der Waals surface area (Å²) in [5.41, 5.74) is 1.61. The zero-order valence-electron chi connectivity index (χ0n) is 12.1. The van der Waals surface area contributed by atoms with Gasteiger partial charge in [-0.1, -0.05) is 6.92 Å². The molecule has 0 saturated heterocycles. The second-order valence-electron chi connectivity index (χ2n) is 6.99. The molecule has 1 amide bonds. The number of halogens is 1. The van der Waals surface area contributed by atoms with Crippen molar-refractivity contribution in [1.29, 1.82) is 0 Å². The summed E-state index contributed by atoms with van der Waals surface area (Å²) in [6, 6.07) is 4.78. The molecule has 4 rings (SSSR count). The molecule has 1 spiro atoms. The molecule has 3 nitrogen and oxygen atoms in total. The van der Waals surface area contributed by atoms with Crippen LogP contribution < -0.4 is 5.32 Å². The zero-order chi connectivity index (χ0) is 14.6. The summed E-state index contributed by atoms with van der Waals surface area (Å²) in [7, 11) is 0. The van der Waals surface area contributed by atoms with Gasteiger partial charge < -0.3 is 10.3 Å². The SMILES string of the molecule is CC1CC2(C1)CC(NC(=O)c1cc(F)cc3cc[nH]c13)C2. The zero-order valence-corrected chi connectivity index (χ0v) is 12.1. The van der Waals surface area contributed by atoms with Gasteiger partial charge in [-0.05, 0) is 55.2 Å². The van der Waals surface area contributed by atoms with E-state index >= 15 is 0 Å². The number of carbonyl (C=O) groups is 1. The number of hydrogen-bond acceptors (Lipinski definition) is 1. The van der Waals surface area contributed by atoms with Crippen LogP contribution in [0.2, 0.25) is 0 Å². The minimum atomic E-state index is -0.370. The van der Waals surface area contributed by atoms with Crippen molar-refractivity contribution in [3.05, 3.63) is 35.8 Å². The number of aromatic nitrogens is 1. The van der Waals surface area contributed by atoms with E-state index in [4.69, 9.17) is 0 Å². The van der Waals surface area contributed by atoms with Gasteiger partial charge >= 0.3 is 0 Å². The number of carbonyl (C=O) groups excluding carboxylic acids is 1. The number of hydrogen-bond donors (Lipinski definition) is 2. The summed E-state index contributed by atoms with van der Waals surface area (Å²) < 4.78 is 13.6. The number of aromatic amines is 1. The predicted octanol–water partition coefficient (Wildman–Crippen LogP) is 3.62. The number of amides is 1. The van der Waals surface area contributed by atoms with Crippen molar-refractivity contribution in [1.82, 2.24) is 10.3 Å². The number of rotatable bonds is 2. The van der Waals surface area contributed by atoms with E-state index in [0.717, 1.165) is 24.1 Å². The smallest absolute Gasteiger partial charge is 0.253 e. The molecule has 0 atom stereocenters. The lowest BCUT2D eigenvalue weighted by atomic mass is 9.50. The molecule has 2 saturated carbocycles. The Kier molecular flexibility index (Phi) is 2.65. The van der Waals surface area contributed by atoms with Gasteiger partial charge in [0.2, 0.25) is 0 Å². The molecule has 2 aliphatic carbocycles. The highest BCUT2D eigenvalue weighted by Crippen LogP contribution is 2.58. The van der Waals surface area contributed by atoms with Crippen molar-refractivity contribution in [3.8, 4) is 0 Å². The average molecular weight is 286 g/mol. The molecule has 0 unspecified atom stereocenters. The molecule has 1 heterocycles. The molecular weight excluding hydrogens is 267 g/mol. The Labute approximate surface area is 122 Å². The maximum absolute atomic E-state index is 13.6. The first kappa shape index (κ1) is 12.9. The molecule has 1 aromatic heterocycles. The van der Waals surface area contributed by atoms with Crippen LogP contribution in [0.1, 0.15) is 43.0 Å². The van der Waals surface area contributed by atoms with E-state index in [2.05, 4.69) is 17.2 Å². The Morgan fingerprint density at radius 1 is 1.33 bits per heavy atom. The highest BCUT2D eigenvalue weighted by molar-refractivity contribution is 6.05. The third-order valence-corrected chi connectivity index (χ3v) is 5.13. The first-order valence-corrected chi connectivity index (χ1v) is 7.62. The number of H-pyrrole nitrogens is 1. The predicted molar refractivity (Wildman–Crippen MR) is 79.6 cm³/mol. The third-order valence-electron chi connectivity index (χ3n) is 5.13. The van der Waals surface area contributed by atoms with Crippen LogP contribution in [0.5, 0.6) is 0 Å². The van der Waals surface area contributed by atoms with Crippen LogP contribution in [0.25, 0.3) is 10.9 Å². The van der Waals surface area contributed by atoms with E-state index in [1.54, 1.807) is 12.3 Å². The number of nitrogens with one attached hydrogen (secondary N) is 2. The van der Waals surface area contributed by atoms with Gasteiger partial charge in [0, 0.05) is 17.6 Å². The van der Waals surface area contributed by atoms with Gasteiger partial charge in [-0.2, -0.15) is 0 Å². The summed E-state index contributed by atoms with van der Waals surface area (Å²) in [5, 5.41) is 3.79. The van der Waals surface area contributed by atoms with Gasteiger partial charge in [0.25, 0.3) is 5.91 Å². The fourth-order valence-electron chi connectivity index (χ4n) is 4.42. The fourth-order valence-corrected chi connectivity index (χ4v) is 4.42. The van der Waals surface area contributed by atoms with Crippen LogP contribution >= 0.6 is 0 Å². The van der Waals surface area contributed by atoms with Crippen LogP contribution in [0, 0.1) is 17.2 Å². The van der Waals surface area contributed by atoms with Gasteiger partial charge in [-0.25, -0.2) is 4.39 Å². The first-order valence-electron chi connectivity index (χ1n) is 7.62. The molecule has 2 fully saturated rings. The first-order chi connectivity index (χ1) is 10.0. The summed E-state index contributed by atoms with van der Waals surface area (Å²) in [4.78, 5) is 15.4. The normalized spacial score (nSPS) is 31.0. The monoisotopic (exact) mass is 286 g/mol. The van der Waals surface area contributed by atoms with Crippen molar-refractivity contribution >= 4 is 16.8 Å². The highest BCUT2D eigenvalue weighted by atomic mass is 19.1. The van der Waals surface area contributed by atoms with E-state index in [-0.39, 0.29) is 17.8 Å². The number of fused-ring (bicyclic) bond motifs is 1. The van der Waals surface area contributed by atoms with E-state index < -0.39 is 0 Å². The molecule has 2 aliphatic rings. The lowest BCUT2D eigenvalue weighted by Crippen LogP contribution is -2.55. The summed E-state index contributed by atoms with van der Waals surface area (Å²) >= 11 is 0. The molecule has 0 bridgehead atoms. The molecule has 1 aromatic carbocycles. The van der Waals surface area contributed by atoms with Crippen LogP contribution in [0.4, 0.5) is 4.39 Å². The summed E-state index contributed by atoms with van der Waals surface area (Å²) in [6.07, 6.45) is 6.47. The highest BCUT2D eigenvalue weighted by Gasteiger charge is 2.51. The number of benzene rings is 1. The Balaban J connectivity index is 1.49. The Hall–Kier alpha value is -1.84. The van der Waals surface area contributed by atoms with Gasteiger partial charge in [0.05, 0.1) is 11.1 Å².